The van der Waals surface area contributed by atoms with Gasteiger partial charge < -0.3 is 10.6 Å². The monoisotopic (exact) mass is 178 g/mol. The summed E-state index contributed by atoms with van der Waals surface area (Å²) in [6, 6.07) is 3.90. The number of pyridine rings is 1. The lowest BCUT2D eigenvalue weighted by atomic mass is 10.2. The number of anilines is 2. The molecular formula is C9H14N4. The number of hydrogen-bond donors (Lipinski definition) is 1. The van der Waals surface area contributed by atoms with Crippen molar-refractivity contribution in [2.45, 2.75) is 6.54 Å². The summed E-state index contributed by atoms with van der Waals surface area (Å²) >= 11 is 0. The Morgan fingerprint density at radius 1 is 1.38 bits per heavy atom. The lowest BCUT2D eigenvalue weighted by Gasteiger charge is -2.32. The first-order valence-corrected chi connectivity index (χ1v) is 4.32. The summed E-state index contributed by atoms with van der Waals surface area (Å²) in [5.41, 5.74) is 6.87. The minimum Gasteiger partial charge on any atom is -0.384 e. The third-order valence-electron chi connectivity index (χ3n) is 2.23. The Balaban J connectivity index is 2.43. The maximum absolute atomic E-state index is 5.63. The van der Waals surface area contributed by atoms with Crippen LogP contribution in [-0.4, -0.2) is 30.6 Å². The first kappa shape index (κ1) is 8.31. The van der Waals surface area contributed by atoms with Crippen LogP contribution in [0.4, 0.5) is 11.6 Å². The van der Waals surface area contributed by atoms with Crippen molar-refractivity contribution in [3.63, 3.8) is 0 Å². The first-order chi connectivity index (χ1) is 6.16. The van der Waals surface area contributed by atoms with Crippen molar-refractivity contribution in [3.8, 4) is 0 Å². The van der Waals surface area contributed by atoms with E-state index in [4.69, 9.17) is 5.73 Å². The van der Waals surface area contributed by atoms with Gasteiger partial charge in [-0.05, 0) is 13.1 Å². The highest BCUT2D eigenvalue weighted by Gasteiger charge is 2.18. The number of nitrogens with zero attached hydrogens (tertiary/aromatic N) is 3. The van der Waals surface area contributed by atoms with Gasteiger partial charge in [-0.25, -0.2) is 4.98 Å². The molecule has 0 aromatic carbocycles. The summed E-state index contributed by atoms with van der Waals surface area (Å²) in [5.74, 6) is 1.60. The summed E-state index contributed by atoms with van der Waals surface area (Å²) in [7, 11) is 4.12. The minimum absolute atomic E-state index is 0.593. The third-order valence-corrected chi connectivity index (χ3v) is 2.23. The van der Waals surface area contributed by atoms with E-state index < -0.39 is 0 Å². The predicted molar refractivity (Wildman–Crippen MR) is 53.4 cm³/mol. The van der Waals surface area contributed by atoms with Crippen molar-refractivity contribution in [3.05, 3.63) is 17.7 Å². The molecule has 4 nitrogen and oxygen atoms in total. The highest BCUT2D eigenvalue weighted by atomic mass is 15.3. The van der Waals surface area contributed by atoms with Crippen LogP contribution in [0.25, 0.3) is 0 Å². The van der Waals surface area contributed by atoms with Crippen LogP contribution in [0.3, 0.4) is 0 Å². The van der Waals surface area contributed by atoms with Gasteiger partial charge in [0.05, 0.1) is 6.67 Å². The van der Waals surface area contributed by atoms with Crippen molar-refractivity contribution in [1.82, 2.24) is 9.88 Å². The number of nitrogens with two attached hydrogens (primary N) is 1. The van der Waals surface area contributed by atoms with E-state index in [0.717, 1.165) is 19.0 Å². The van der Waals surface area contributed by atoms with Gasteiger partial charge in [-0.15, -0.1) is 0 Å². The van der Waals surface area contributed by atoms with E-state index in [1.54, 1.807) is 0 Å². The molecule has 4 heteroatoms. The predicted octanol–water partition coefficient (Wildman–Crippen LogP) is 0.503. The SMILES string of the molecule is CN1Cc2ccc(N)nc2N(C)C1. The quantitative estimate of drug-likeness (QED) is 0.628. The molecule has 0 unspecified atom stereocenters. The van der Waals surface area contributed by atoms with Crippen LogP contribution in [-0.2, 0) is 6.54 Å². The van der Waals surface area contributed by atoms with Gasteiger partial charge in [0.2, 0.25) is 0 Å². The van der Waals surface area contributed by atoms with E-state index in [0.29, 0.717) is 5.82 Å². The molecule has 0 amide bonds. The van der Waals surface area contributed by atoms with Crippen LogP contribution in [0.15, 0.2) is 12.1 Å². The highest BCUT2D eigenvalue weighted by molar-refractivity contribution is 5.52. The van der Waals surface area contributed by atoms with E-state index in [1.807, 2.05) is 19.2 Å². The largest absolute Gasteiger partial charge is 0.384 e. The van der Waals surface area contributed by atoms with Crippen LogP contribution in [0, 0.1) is 0 Å². The maximum atomic E-state index is 5.63. The highest BCUT2D eigenvalue weighted by Crippen LogP contribution is 2.23. The molecule has 1 aliphatic heterocycles. The summed E-state index contributed by atoms with van der Waals surface area (Å²) in [5, 5.41) is 0. The lowest BCUT2D eigenvalue weighted by Crippen LogP contribution is -2.38. The van der Waals surface area contributed by atoms with E-state index in [2.05, 4.69) is 21.8 Å². The Morgan fingerprint density at radius 3 is 2.92 bits per heavy atom. The number of nitrogen functional groups attached to an aromatic ring is 1. The zero-order chi connectivity index (χ0) is 9.42. The Hall–Kier alpha value is -1.29. The van der Waals surface area contributed by atoms with E-state index in [-0.39, 0.29) is 0 Å². The molecule has 2 N–H and O–H groups in total. The molecule has 0 fully saturated rings. The maximum Gasteiger partial charge on any atom is 0.136 e. The average molecular weight is 178 g/mol. The van der Waals surface area contributed by atoms with Crippen LogP contribution in [0.2, 0.25) is 0 Å². The molecule has 0 atom stereocenters. The van der Waals surface area contributed by atoms with E-state index in [1.165, 1.54) is 5.56 Å². The summed E-state index contributed by atoms with van der Waals surface area (Å²) < 4.78 is 0. The fourth-order valence-corrected chi connectivity index (χ4v) is 1.72. The Bertz CT molecular complexity index is 323. The molecule has 1 aromatic heterocycles. The molecule has 0 spiro atoms. The number of fused-ring (bicyclic) bond motifs is 1. The Morgan fingerprint density at radius 2 is 2.15 bits per heavy atom. The van der Waals surface area contributed by atoms with Crippen molar-refractivity contribution in [1.29, 1.82) is 0 Å². The Kier molecular flexibility index (Phi) is 1.84. The van der Waals surface area contributed by atoms with Gasteiger partial charge in [0.15, 0.2) is 0 Å². The van der Waals surface area contributed by atoms with Gasteiger partial charge in [-0.3, -0.25) is 4.90 Å². The fraction of sp³-hybridized carbons (Fsp3) is 0.444. The first-order valence-electron chi connectivity index (χ1n) is 4.32. The summed E-state index contributed by atoms with van der Waals surface area (Å²) in [6.07, 6.45) is 0. The van der Waals surface area contributed by atoms with E-state index >= 15 is 0 Å². The molecule has 0 saturated heterocycles. The van der Waals surface area contributed by atoms with Gasteiger partial charge in [0, 0.05) is 19.2 Å². The molecule has 2 rings (SSSR count). The number of rotatable bonds is 0. The number of aromatic nitrogens is 1. The minimum atomic E-state index is 0.593. The summed E-state index contributed by atoms with van der Waals surface area (Å²) in [4.78, 5) is 8.65. The van der Waals surface area contributed by atoms with Crippen molar-refractivity contribution < 1.29 is 0 Å². The molecule has 0 bridgehead atoms. The smallest absolute Gasteiger partial charge is 0.136 e. The molecule has 13 heavy (non-hydrogen) atoms. The van der Waals surface area contributed by atoms with E-state index in [9.17, 15) is 0 Å². The molecule has 1 aromatic rings. The average Bonchev–Trinajstić information content (AvgIpc) is 2.06. The van der Waals surface area contributed by atoms with Gasteiger partial charge in [0.1, 0.15) is 11.6 Å². The molecule has 1 aliphatic rings. The van der Waals surface area contributed by atoms with Crippen LogP contribution >= 0.6 is 0 Å². The zero-order valence-electron chi connectivity index (χ0n) is 7.99. The van der Waals surface area contributed by atoms with Gasteiger partial charge in [0.25, 0.3) is 0 Å². The second-order valence-corrected chi connectivity index (χ2v) is 3.57. The second kappa shape index (κ2) is 2.88. The molecule has 2 heterocycles. The molecule has 0 radical (unpaired) electrons. The van der Waals surface area contributed by atoms with Crippen molar-refractivity contribution >= 4 is 11.6 Å². The topological polar surface area (TPSA) is 45.4 Å². The molecule has 0 aliphatic carbocycles. The Labute approximate surface area is 78.0 Å². The van der Waals surface area contributed by atoms with Crippen molar-refractivity contribution in [2.75, 3.05) is 31.4 Å². The molecular weight excluding hydrogens is 164 g/mol. The zero-order valence-corrected chi connectivity index (χ0v) is 7.99. The summed E-state index contributed by atoms with van der Waals surface area (Å²) in [6.45, 7) is 1.86. The van der Waals surface area contributed by atoms with Crippen LogP contribution < -0.4 is 10.6 Å². The molecule has 0 saturated carbocycles. The van der Waals surface area contributed by atoms with Gasteiger partial charge >= 0.3 is 0 Å². The third kappa shape index (κ3) is 1.45. The van der Waals surface area contributed by atoms with Crippen LogP contribution in [0.5, 0.6) is 0 Å². The normalized spacial score (nSPS) is 17.2. The van der Waals surface area contributed by atoms with Crippen LogP contribution in [0.1, 0.15) is 5.56 Å². The van der Waals surface area contributed by atoms with Gasteiger partial charge in [-0.2, -0.15) is 0 Å². The number of hydrogen-bond acceptors (Lipinski definition) is 4. The van der Waals surface area contributed by atoms with Gasteiger partial charge in [-0.1, -0.05) is 6.07 Å². The fourth-order valence-electron chi connectivity index (χ4n) is 1.72. The molecule has 70 valence electrons. The standard InChI is InChI=1S/C9H14N4/c1-12-5-7-3-4-8(10)11-9(7)13(2)6-12/h3-4H,5-6H2,1-2H3,(H2,10,11). The second-order valence-electron chi connectivity index (χ2n) is 3.57. The lowest BCUT2D eigenvalue weighted by molar-refractivity contribution is 0.314. The van der Waals surface area contributed by atoms with Crippen molar-refractivity contribution in [2.24, 2.45) is 0 Å².